The lowest BCUT2D eigenvalue weighted by molar-refractivity contribution is 0.157. The summed E-state index contributed by atoms with van der Waals surface area (Å²) in [6.07, 6.45) is 1.74. The quantitative estimate of drug-likeness (QED) is 0.915. The number of benzene rings is 1. The molecule has 1 aromatic rings. The standard InChI is InChI=1S/C14H18N2O.ClH/c1-12-4-2-3-5-13(12)17-11-14(10-15)6-8-16-9-7-14;/h2-5,16H,6-9,11H2,1H3;1H. The van der Waals surface area contributed by atoms with E-state index in [2.05, 4.69) is 11.4 Å². The monoisotopic (exact) mass is 266 g/mol. The van der Waals surface area contributed by atoms with Crippen molar-refractivity contribution in [1.29, 1.82) is 5.26 Å². The van der Waals surface area contributed by atoms with Crippen LogP contribution in [0.15, 0.2) is 24.3 Å². The number of ether oxygens (including phenoxy) is 1. The average molecular weight is 267 g/mol. The van der Waals surface area contributed by atoms with Crippen molar-refractivity contribution < 1.29 is 4.74 Å². The molecule has 0 aromatic heterocycles. The van der Waals surface area contributed by atoms with E-state index in [-0.39, 0.29) is 17.8 Å². The van der Waals surface area contributed by atoms with Crippen molar-refractivity contribution in [2.24, 2.45) is 5.41 Å². The largest absolute Gasteiger partial charge is 0.492 e. The second-order valence-electron chi connectivity index (χ2n) is 4.70. The smallest absolute Gasteiger partial charge is 0.122 e. The minimum Gasteiger partial charge on any atom is -0.492 e. The van der Waals surface area contributed by atoms with Gasteiger partial charge in [-0.1, -0.05) is 18.2 Å². The van der Waals surface area contributed by atoms with Gasteiger partial charge in [-0.3, -0.25) is 0 Å². The van der Waals surface area contributed by atoms with Crippen molar-refractivity contribution in [2.45, 2.75) is 19.8 Å². The van der Waals surface area contributed by atoms with E-state index in [0.717, 1.165) is 37.2 Å². The minimum atomic E-state index is -0.312. The lowest BCUT2D eigenvalue weighted by atomic mass is 9.81. The molecule has 1 fully saturated rings. The first-order valence-corrected chi connectivity index (χ1v) is 6.06. The van der Waals surface area contributed by atoms with Crippen LogP contribution in [-0.2, 0) is 0 Å². The van der Waals surface area contributed by atoms with E-state index in [9.17, 15) is 5.26 Å². The van der Waals surface area contributed by atoms with Crippen LogP contribution in [0.4, 0.5) is 0 Å². The lowest BCUT2D eigenvalue weighted by Gasteiger charge is -2.31. The molecule has 0 aliphatic carbocycles. The minimum absolute atomic E-state index is 0. The van der Waals surface area contributed by atoms with Crippen LogP contribution in [0.25, 0.3) is 0 Å². The van der Waals surface area contributed by atoms with Gasteiger partial charge in [0.05, 0.1) is 11.5 Å². The maximum absolute atomic E-state index is 9.33. The van der Waals surface area contributed by atoms with E-state index in [1.165, 1.54) is 0 Å². The first-order chi connectivity index (χ1) is 8.26. The summed E-state index contributed by atoms with van der Waals surface area (Å²) in [7, 11) is 0. The fraction of sp³-hybridized carbons (Fsp3) is 0.500. The molecule has 0 unspecified atom stereocenters. The number of hydrogen-bond donors (Lipinski definition) is 1. The Labute approximate surface area is 115 Å². The third-order valence-electron chi connectivity index (χ3n) is 3.40. The summed E-state index contributed by atoms with van der Waals surface area (Å²) in [6, 6.07) is 10.4. The zero-order valence-corrected chi connectivity index (χ0v) is 11.4. The van der Waals surface area contributed by atoms with Crippen molar-refractivity contribution in [2.75, 3.05) is 19.7 Å². The second kappa shape index (κ2) is 6.63. The van der Waals surface area contributed by atoms with Gasteiger partial charge >= 0.3 is 0 Å². The van der Waals surface area contributed by atoms with Gasteiger partial charge in [0, 0.05) is 0 Å². The van der Waals surface area contributed by atoms with Gasteiger partial charge in [0.25, 0.3) is 0 Å². The van der Waals surface area contributed by atoms with Crippen LogP contribution >= 0.6 is 12.4 Å². The molecule has 1 aromatic carbocycles. The van der Waals surface area contributed by atoms with E-state index in [0.29, 0.717) is 6.61 Å². The maximum atomic E-state index is 9.33. The van der Waals surface area contributed by atoms with Crippen LogP contribution in [0.1, 0.15) is 18.4 Å². The molecule has 0 atom stereocenters. The molecule has 18 heavy (non-hydrogen) atoms. The molecular formula is C14H19ClN2O. The zero-order valence-electron chi connectivity index (χ0n) is 10.6. The summed E-state index contributed by atoms with van der Waals surface area (Å²) in [5.74, 6) is 0.889. The Bertz CT molecular complexity index is 422. The van der Waals surface area contributed by atoms with Gasteiger partial charge in [0.15, 0.2) is 0 Å². The number of piperidine rings is 1. The molecule has 2 rings (SSSR count). The SMILES string of the molecule is Cc1ccccc1OCC1(C#N)CCNCC1.Cl. The highest BCUT2D eigenvalue weighted by Crippen LogP contribution is 2.29. The van der Waals surface area contributed by atoms with Crippen LogP contribution in [0.3, 0.4) is 0 Å². The molecule has 0 amide bonds. The highest BCUT2D eigenvalue weighted by atomic mass is 35.5. The number of rotatable bonds is 3. The molecule has 3 nitrogen and oxygen atoms in total. The number of halogens is 1. The molecule has 98 valence electrons. The molecule has 1 aliphatic rings. The third-order valence-corrected chi connectivity index (χ3v) is 3.40. The van der Waals surface area contributed by atoms with Gasteiger partial charge in [-0.05, 0) is 44.5 Å². The molecule has 0 spiro atoms. The number of hydrogen-bond acceptors (Lipinski definition) is 3. The molecule has 1 aliphatic heterocycles. The molecular weight excluding hydrogens is 248 g/mol. The van der Waals surface area contributed by atoms with Crippen molar-refractivity contribution in [3.8, 4) is 11.8 Å². The summed E-state index contributed by atoms with van der Waals surface area (Å²) >= 11 is 0. The van der Waals surface area contributed by atoms with Crippen LogP contribution < -0.4 is 10.1 Å². The number of nitrogens with zero attached hydrogens (tertiary/aromatic N) is 1. The van der Waals surface area contributed by atoms with Gasteiger partial charge in [-0.2, -0.15) is 5.26 Å². The normalized spacial score (nSPS) is 17.3. The van der Waals surface area contributed by atoms with E-state index >= 15 is 0 Å². The van der Waals surface area contributed by atoms with Crippen molar-refractivity contribution >= 4 is 12.4 Å². The molecule has 0 saturated carbocycles. The molecule has 1 heterocycles. The van der Waals surface area contributed by atoms with Crippen LogP contribution in [0.5, 0.6) is 5.75 Å². The number of nitriles is 1. The number of nitrogens with one attached hydrogen (secondary N) is 1. The summed E-state index contributed by atoms with van der Waals surface area (Å²) in [6.45, 7) is 4.34. The van der Waals surface area contributed by atoms with Crippen molar-refractivity contribution in [1.82, 2.24) is 5.32 Å². The average Bonchev–Trinajstić information content (AvgIpc) is 2.39. The fourth-order valence-electron chi connectivity index (χ4n) is 2.13. The van der Waals surface area contributed by atoms with Gasteiger partial charge in [0.1, 0.15) is 12.4 Å². The summed E-state index contributed by atoms with van der Waals surface area (Å²) in [4.78, 5) is 0. The molecule has 0 bridgehead atoms. The van der Waals surface area contributed by atoms with Gasteiger partial charge in [-0.25, -0.2) is 0 Å². The van der Waals surface area contributed by atoms with Gasteiger partial charge in [0.2, 0.25) is 0 Å². The third kappa shape index (κ3) is 3.38. The Hall–Kier alpha value is -1.24. The summed E-state index contributed by atoms with van der Waals surface area (Å²) in [5, 5.41) is 12.6. The summed E-state index contributed by atoms with van der Waals surface area (Å²) < 4.78 is 5.82. The van der Waals surface area contributed by atoms with E-state index in [1.54, 1.807) is 0 Å². The predicted molar refractivity (Wildman–Crippen MR) is 74.1 cm³/mol. The first kappa shape index (κ1) is 14.8. The Morgan fingerprint density at radius 3 is 2.61 bits per heavy atom. The van der Waals surface area contributed by atoms with Gasteiger partial charge in [-0.15, -0.1) is 12.4 Å². The van der Waals surface area contributed by atoms with Crippen LogP contribution in [0, 0.1) is 23.7 Å². The number of para-hydroxylation sites is 1. The lowest BCUT2D eigenvalue weighted by Crippen LogP contribution is -2.39. The fourth-order valence-corrected chi connectivity index (χ4v) is 2.13. The molecule has 4 heteroatoms. The molecule has 0 radical (unpaired) electrons. The molecule has 1 saturated heterocycles. The Kier molecular flexibility index (Phi) is 5.46. The molecule has 1 N–H and O–H groups in total. The number of aryl methyl sites for hydroxylation is 1. The van der Waals surface area contributed by atoms with Crippen molar-refractivity contribution in [3.63, 3.8) is 0 Å². The topological polar surface area (TPSA) is 45.0 Å². The van der Waals surface area contributed by atoms with Crippen LogP contribution in [0.2, 0.25) is 0 Å². The second-order valence-corrected chi connectivity index (χ2v) is 4.70. The Balaban J connectivity index is 0.00000162. The van der Waals surface area contributed by atoms with Crippen molar-refractivity contribution in [3.05, 3.63) is 29.8 Å². The van der Waals surface area contributed by atoms with E-state index in [4.69, 9.17) is 4.74 Å². The highest BCUT2D eigenvalue weighted by molar-refractivity contribution is 5.85. The predicted octanol–water partition coefficient (Wildman–Crippen LogP) is 2.69. The highest BCUT2D eigenvalue weighted by Gasteiger charge is 2.33. The Morgan fingerprint density at radius 2 is 2.00 bits per heavy atom. The zero-order chi connectivity index (χ0) is 12.1. The summed E-state index contributed by atoms with van der Waals surface area (Å²) in [5.41, 5.74) is 0.808. The maximum Gasteiger partial charge on any atom is 0.122 e. The van der Waals surface area contributed by atoms with Crippen LogP contribution in [-0.4, -0.2) is 19.7 Å². The Morgan fingerprint density at radius 1 is 1.33 bits per heavy atom. The van der Waals surface area contributed by atoms with E-state index < -0.39 is 0 Å². The first-order valence-electron chi connectivity index (χ1n) is 6.06. The van der Waals surface area contributed by atoms with Gasteiger partial charge < -0.3 is 10.1 Å². The van der Waals surface area contributed by atoms with E-state index in [1.807, 2.05) is 31.2 Å².